The molecule has 6 heteroatoms. The fourth-order valence-corrected chi connectivity index (χ4v) is 9.47. The first-order valence-electron chi connectivity index (χ1n) is 19.6. The summed E-state index contributed by atoms with van der Waals surface area (Å²) in [5.41, 5.74) is 10.7. The van der Waals surface area contributed by atoms with Gasteiger partial charge in [0.15, 0.2) is 0 Å². The van der Waals surface area contributed by atoms with Crippen LogP contribution in [0.1, 0.15) is 0 Å². The molecule has 0 fully saturated rings. The van der Waals surface area contributed by atoms with Gasteiger partial charge in [-0.1, -0.05) is 127 Å². The number of aromatic nitrogens is 5. The summed E-state index contributed by atoms with van der Waals surface area (Å²) in [6.45, 7) is 0. The van der Waals surface area contributed by atoms with Gasteiger partial charge in [0.05, 0.1) is 50.0 Å². The molecule has 13 aromatic rings. The standard InChI is InChI=1S/C52H31N5O/c1-8-22-41-32(15-1)33-16-2-9-23-42(33)55(41)47-30-29-39-38-21-7-14-28-48(38)58-51(39)50(47)40-31-49(56-43-24-10-3-17-34(43)35-18-4-11-25-44(35)56)54-52(53-40)57-45-26-12-5-19-36(45)37-20-6-13-27-46(37)57/h1-31H. The van der Waals surface area contributed by atoms with E-state index in [1.165, 1.54) is 21.5 Å². The molecule has 0 N–H and O–H groups in total. The van der Waals surface area contributed by atoms with Crippen LogP contribution in [0, 0.1) is 0 Å². The van der Waals surface area contributed by atoms with Crippen LogP contribution >= 0.6 is 0 Å². The summed E-state index contributed by atoms with van der Waals surface area (Å²) in [7, 11) is 0. The summed E-state index contributed by atoms with van der Waals surface area (Å²) in [4.78, 5) is 11.2. The fourth-order valence-electron chi connectivity index (χ4n) is 9.47. The second kappa shape index (κ2) is 11.8. The van der Waals surface area contributed by atoms with E-state index in [9.17, 15) is 0 Å². The van der Waals surface area contributed by atoms with Crippen LogP contribution in [0.15, 0.2) is 192 Å². The van der Waals surface area contributed by atoms with Crippen LogP contribution in [-0.4, -0.2) is 23.7 Å². The second-order valence-corrected chi connectivity index (χ2v) is 15.0. The van der Waals surface area contributed by atoms with Crippen molar-refractivity contribution in [2.75, 3.05) is 0 Å². The van der Waals surface area contributed by atoms with E-state index in [0.717, 1.165) is 88.6 Å². The average molecular weight is 742 g/mol. The van der Waals surface area contributed by atoms with Gasteiger partial charge >= 0.3 is 0 Å². The molecule has 0 aliphatic carbocycles. The Hall–Kier alpha value is -7.96. The van der Waals surface area contributed by atoms with Crippen molar-refractivity contribution in [3.63, 3.8) is 0 Å². The quantitative estimate of drug-likeness (QED) is 0.180. The molecule has 8 aromatic carbocycles. The van der Waals surface area contributed by atoms with Gasteiger partial charge in [0.1, 0.15) is 17.0 Å². The molecule has 0 saturated carbocycles. The van der Waals surface area contributed by atoms with Crippen LogP contribution in [0.2, 0.25) is 0 Å². The zero-order valence-electron chi connectivity index (χ0n) is 31.0. The van der Waals surface area contributed by atoms with Crippen LogP contribution in [0.3, 0.4) is 0 Å². The van der Waals surface area contributed by atoms with E-state index in [-0.39, 0.29) is 0 Å². The lowest BCUT2D eigenvalue weighted by atomic mass is 10.0. The molecule has 270 valence electrons. The molecule has 0 bridgehead atoms. The number of nitrogens with zero attached hydrogens (tertiary/aromatic N) is 5. The Morgan fingerprint density at radius 3 is 1.26 bits per heavy atom. The van der Waals surface area contributed by atoms with Crippen LogP contribution in [0.25, 0.3) is 116 Å². The third kappa shape index (κ3) is 4.26. The monoisotopic (exact) mass is 741 g/mol. The van der Waals surface area contributed by atoms with E-state index in [1.807, 2.05) is 12.1 Å². The van der Waals surface area contributed by atoms with Crippen molar-refractivity contribution in [3.05, 3.63) is 188 Å². The van der Waals surface area contributed by atoms with E-state index in [4.69, 9.17) is 14.4 Å². The Bertz CT molecular complexity index is 3530. The predicted octanol–water partition coefficient (Wildman–Crippen LogP) is 13.3. The molecule has 5 heterocycles. The highest BCUT2D eigenvalue weighted by Crippen LogP contribution is 2.44. The van der Waals surface area contributed by atoms with Gasteiger partial charge in [-0.05, 0) is 54.6 Å². The Morgan fingerprint density at radius 2 is 0.759 bits per heavy atom. The topological polar surface area (TPSA) is 53.7 Å². The van der Waals surface area contributed by atoms with Crippen LogP contribution < -0.4 is 0 Å². The fraction of sp³-hybridized carbons (Fsp3) is 0. The van der Waals surface area contributed by atoms with Crippen molar-refractivity contribution in [2.45, 2.75) is 0 Å². The Balaban J connectivity index is 1.22. The summed E-state index contributed by atoms with van der Waals surface area (Å²) in [5.74, 6) is 1.34. The summed E-state index contributed by atoms with van der Waals surface area (Å²) in [6, 6.07) is 66.4. The van der Waals surface area contributed by atoms with E-state index in [0.29, 0.717) is 5.95 Å². The third-order valence-electron chi connectivity index (χ3n) is 11.9. The SMILES string of the molecule is c1ccc2c(c1)oc1c(-c3cc(-n4c5ccccc5c5ccccc54)nc(-n4c5ccccc5c5ccccc54)n3)c(-n3c4ccccc4c4ccccc43)ccc12. The maximum absolute atomic E-state index is 6.96. The smallest absolute Gasteiger partial charge is 0.237 e. The molecule has 0 unspecified atom stereocenters. The third-order valence-corrected chi connectivity index (χ3v) is 11.9. The average Bonchev–Trinajstić information content (AvgIpc) is 4.02. The molecule has 0 spiro atoms. The van der Waals surface area contributed by atoms with Crippen molar-refractivity contribution in [3.8, 4) is 28.7 Å². The van der Waals surface area contributed by atoms with Gasteiger partial charge in [-0.3, -0.25) is 9.13 Å². The maximum atomic E-state index is 6.96. The van der Waals surface area contributed by atoms with Crippen molar-refractivity contribution >= 4 is 87.4 Å². The van der Waals surface area contributed by atoms with Gasteiger partial charge in [0, 0.05) is 49.2 Å². The summed E-state index contributed by atoms with van der Waals surface area (Å²) >= 11 is 0. The Labute approximate surface area is 331 Å². The number of furan rings is 1. The van der Waals surface area contributed by atoms with Gasteiger partial charge < -0.3 is 8.98 Å². The summed E-state index contributed by atoms with van der Waals surface area (Å²) in [6.07, 6.45) is 0. The van der Waals surface area contributed by atoms with Gasteiger partial charge in [-0.2, -0.15) is 4.98 Å². The van der Waals surface area contributed by atoms with E-state index >= 15 is 0 Å². The molecule has 0 aliphatic rings. The molecule has 6 nitrogen and oxygen atoms in total. The van der Waals surface area contributed by atoms with E-state index in [1.54, 1.807) is 0 Å². The minimum Gasteiger partial charge on any atom is -0.455 e. The first kappa shape index (κ1) is 31.3. The number of para-hydroxylation sites is 7. The molecule has 0 amide bonds. The molecule has 5 aromatic heterocycles. The normalized spacial score (nSPS) is 12.1. The number of rotatable bonds is 4. The molecule has 0 radical (unpaired) electrons. The second-order valence-electron chi connectivity index (χ2n) is 15.0. The molecule has 0 atom stereocenters. The number of benzene rings is 8. The van der Waals surface area contributed by atoms with E-state index < -0.39 is 0 Å². The van der Waals surface area contributed by atoms with Gasteiger partial charge in [-0.15, -0.1) is 0 Å². The lowest BCUT2D eigenvalue weighted by molar-refractivity contribution is 0.669. The van der Waals surface area contributed by atoms with Gasteiger partial charge in [0.25, 0.3) is 0 Å². The minimum absolute atomic E-state index is 0.577. The maximum Gasteiger partial charge on any atom is 0.237 e. The zero-order chi connectivity index (χ0) is 37.9. The number of hydrogen-bond donors (Lipinski definition) is 0. The van der Waals surface area contributed by atoms with E-state index in [2.05, 4.69) is 190 Å². The molecule has 58 heavy (non-hydrogen) atoms. The van der Waals surface area contributed by atoms with Crippen LogP contribution in [-0.2, 0) is 0 Å². The van der Waals surface area contributed by atoms with Crippen molar-refractivity contribution in [2.24, 2.45) is 0 Å². The van der Waals surface area contributed by atoms with Crippen molar-refractivity contribution in [1.82, 2.24) is 23.7 Å². The van der Waals surface area contributed by atoms with Crippen LogP contribution in [0.5, 0.6) is 0 Å². The minimum atomic E-state index is 0.577. The first-order chi connectivity index (χ1) is 28.8. The Kier molecular flexibility index (Phi) is 6.35. The largest absolute Gasteiger partial charge is 0.455 e. The lowest BCUT2D eigenvalue weighted by Crippen LogP contribution is -2.08. The Morgan fingerprint density at radius 1 is 0.345 bits per heavy atom. The lowest BCUT2D eigenvalue weighted by Gasteiger charge is -2.17. The van der Waals surface area contributed by atoms with Gasteiger partial charge in [-0.25, -0.2) is 4.98 Å². The van der Waals surface area contributed by atoms with Crippen molar-refractivity contribution in [1.29, 1.82) is 0 Å². The summed E-state index contributed by atoms with van der Waals surface area (Å²) < 4.78 is 13.8. The van der Waals surface area contributed by atoms with Crippen molar-refractivity contribution < 1.29 is 4.42 Å². The molecule has 0 aliphatic heterocycles. The highest BCUT2D eigenvalue weighted by atomic mass is 16.3. The molecular formula is C52H31N5O. The summed E-state index contributed by atoms with van der Waals surface area (Å²) in [5, 5.41) is 9.11. The number of hydrogen-bond acceptors (Lipinski definition) is 3. The number of fused-ring (bicyclic) bond motifs is 12. The zero-order valence-corrected chi connectivity index (χ0v) is 31.0. The predicted molar refractivity (Wildman–Crippen MR) is 238 cm³/mol. The van der Waals surface area contributed by atoms with Crippen LogP contribution in [0.4, 0.5) is 0 Å². The molecular weight excluding hydrogens is 711 g/mol. The molecule has 0 saturated heterocycles. The van der Waals surface area contributed by atoms with Gasteiger partial charge in [0.2, 0.25) is 5.95 Å². The highest BCUT2D eigenvalue weighted by Gasteiger charge is 2.25. The highest BCUT2D eigenvalue weighted by molar-refractivity contribution is 6.15. The molecule has 13 rings (SSSR count). The first-order valence-corrected chi connectivity index (χ1v) is 19.6.